The van der Waals surface area contributed by atoms with Crippen molar-refractivity contribution in [1.29, 1.82) is 0 Å². The molecule has 0 aliphatic carbocycles. The quantitative estimate of drug-likeness (QED) is 0.788. The van der Waals surface area contributed by atoms with Crippen molar-refractivity contribution in [1.82, 2.24) is 14.9 Å². The number of nitrogen functional groups attached to an aromatic ring is 1. The highest BCUT2D eigenvalue weighted by Crippen LogP contribution is 2.26. The lowest BCUT2D eigenvalue weighted by molar-refractivity contribution is 0.0747. The maximum absolute atomic E-state index is 13.1. The fourth-order valence-electron chi connectivity index (χ4n) is 3.20. The van der Waals surface area contributed by atoms with E-state index >= 15 is 0 Å². The Bertz CT molecular complexity index is 926. The Morgan fingerprint density at radius 1 is 1.12 bits per heavy atom. The van der Waals surface area contributed by atoms with Crippen molar-refractivity contribution < 1.29 is 4.79 Å². The summed E-state index contributed by atoms with van der Waals surface area (Å²) >= 11 is 0. The van der Waals surface area contributed by atoms with Crippen molar-refractivity contribution in [3.05, 3.63) is 64.8 Å². The number of carbonyl (C=O) groups excluding carboxylic acids is 1. The first-order chi connectivity index (χ1) is 11.7. The van der Waals surface area contributed by atoms with Gasteiger partial charge in [-0.1, -0.05) is 37.3 Å². The molecule has 2 N–H and O–H groups in total. The predicted molar refractivity (Wildman–Crippen MR) is 93.3 cm³/mol. The Morgan fingerprint density at radius 2 is 1.83 bits per heavy atom. The lowest BCUT2D eigenvalue weighted by Crippen LogP contribution is -2.27. The van der Waals surface area contributed by atoms with E-state index in [1.165, 1.54) is 11.1 Å². The molecule has 0 radical (unpaired) electrons. The number of fused-ring (bicyclic) bond motifs is 2. The average molecular weight is 318 g/mol. The van der Waals surface area contributed by atoms with Crippen LogP contribution in [0.2, 0.25) is 0 Å². The number of amides is 1. The Hall–Kier alpha value is -2.95. The highest BCUT2D eigenvalue weighted by atomic mass is 16.2. The second-order valence-corrected chi connectivity index (χ2v) is 6.07. The van der Waals surface area contributed by atoms with Crippen LogP contribution in [0.4, 0.5) is 5.95 Å². The Balaban J connectivity index is 1.77. The number of anilines is 1. The molecule has 1 amide bonds. The van der Waals surface area contributed by atoms with Gasteiger partial charge in [0.2, 0.25) is 5.95 Å². The topological polar surface area (TPSA) is 72.1 Å². The van der Waals surface area contributed by atoms with Crippen LogP contribution in [-0.4, -0.2) is 20.8 Å². The summed E-state index contributed by atoms with van der Waals surface area (Å²) in [5.74, 6) is 0.0327. The number of aryl methyl sites for hydroxylation is 1. The number of benzene rings is 2. The first-order valence-electron chi connectivity index (χ1n) is 8.08. The second-order valence-electron chi connectivity index (χ2n) is 6.07. The zero-order valence-electron chi connectivity index (χ0n) is 13.5. The molecule has 5 heteroatoms. The number of hydrogen-bond acceptors (Lipinski definition) is 4. The summed E-state index contributed by atoms with van der Waals surface area (Å²) in [6.07, 6.45) is 0.892. The van der Waals surface area contributed by atoms with Crippen LogP contribution in [0.3, 0.4) is 0 Å². The number of hydrogen-bond donors (Lipinski definition) is 1. The van der Waals surface area contributed by atoms with Crippen LogP contribution in [0, 0.1) is 0 Å². The van der Waals surface area contributed by atoms with E-state index in [4.69, 9.17) is 5.73 Å². The first-order valence-corrected chi connectivity index (χ1v) is 8.08. The van der Waals surface area contributed by atoms with E-state index in [1.54, 1.807) is 0 Å². The molecule has 0 unspecified atom stereocenters. The number of aromatic nitrogens is 2. The molecule has 0 atom stereocenters. The molecule has 2 heterocycles. The van der Waals surface area contributed by atoms with Crippen LogP contribution in [0.25, 0.3) is 10.9 Å². The second kappa shape index (κ2) is 5.60. The number of carbonyl (C=O) groups is 1. The Labute approximate surface area is 140 Å². The Kier molecular flexibility index (Phi) is 3.41. The van der Waals surface area contributed by atoms with Gasteiger partial charge in [0.1, 0.15) is 5.69 Å². The molecule has 0 saturated carbocycles. The van der Waals surface area contributed by atoms with Crippen LogP contribution in [0.5, 0.6) is 0 Å². The van der Waals surface area contributed by atoms with Crippen molar-refractivity contribution in [3.8, 4) is 0 Å². The van der Waals surface area contributed by atoms with Gasteiger partial charge in [0.15, 0.2) is 0 Å². The lowest BCUT2D eigenvalue weighted by Gasteiger charge is -2.16. The van der Waals surface area contributed by atoms with Crippen molar-refractivity contribution in [2.45, 2.75) is 26.4 Å². The summed E-state index contributed by atoms with van der Waals surface area (Å²) in [5.41, 5.74) is 10.4. The normalized spacial score (nSPS) is 13.3. The molecular weight excluding hydrogens is 300 g/mol. The van der Waals surface area contributed by atoms with Gasteiger partial charge in [-0.25, -0.2) is 9.97 Å². The maximum atomic E-state index is 13.1. The van der Waals surface area contributed by atoms with Crippen LogP contribution >= 0.6 is 0 Å². The van der Waals surface area contributed by atoms with Crippen LogP contribution < -0.4 is 5.73 Å². The van der Waals surface area contributed by atoms with E-state index in [-0.39, 0.29) is 11.9 Å². The third kappa shape index (κ3) is 2.38. The van der Waals surface area contributed by atoms with Gasteiger partial charge >= 0.3 is 0 Å². The molecule has 24 heavy (non-hydrogen) atoms. The highest BCUT2D eigenvalue weighted by Gasteiger charge is 2.26. The molecule has 0 spiro atoms. The zero-order valence-corrected chi connectivity index (χ0v) is 13.5. The van der Waals surface area contributed by atoms with E-state index in [0.29, 0.717) is 24.3 Å². The Morgan fingerprint density at radius 3 is 2.50 bits per heavy atom. The maximum Gasteiger partial charge on any atom is 0.273 e. The van der Waals surface area contributed by atoms with Gasteiger partial charge < -0.3 is 10.6 Å². The number of nitrogens with zero attached hydrogens (tertiary/aromatic N) is 3. The largest absolute Gasteiger partial charge is 0.368 e. The fraction of sp³-hybridized carbons (Fsp3) is 0.211. The van der Waals surface area contributed by atoms with Crippen LogP contribution in [-0.2, 0) is 19.5 Å². The molecular formula is C19H18N4O. The van der Waals surface area contributed by atoms with Gasteiger partial charge in [0.05, 0.1) is 5.52 Å². The van der Waals surface area contributed by atoms with Gasteiger partial charge in [-0.3, -0.25) is 4.79 Å². The van der Waals surface area contributed by atoms with Gasteiger partial charge in [-0.15, -0.1) is 0 Å². The number of nitrogens with two attached hydrogens (primary N) is 1. The highest BCUT2D eigenvalue weighted by molar-refractivity contribution is 6.05. The van der Waals surface area contributed by atoms with E-state index in [9.17, 15) is 4.79 Å². The third-order valence-corrected chi connectivity index (χ3v) is 4.52. The summed E-state index contributed by atoms with van der Waals surface area (Å²) < 4.78 is 0. The molecule has 1 aromatic heterocycles. The van der Waals surface area contributed by atoms with Gasteiger partial charge in [-0.05, 0) is 35.2 Å². The average Bonchev–Trinajstić information content (AvgIpc) is 3.04. The fourth-order valence-corrected chi connectivity index (χ4v) is 3.20. The molecule has 0 saturated heterocycles. The molecule has 5 nitrogen and oxygen atoms in total. The third-order valence-electron chi connectivity index (χ3n) is 4.52. The smallest absolute Gasteiger partial charge is 0.273 e. The summed E-state index contributed by atoms with van der Waals surface area (Å²) in [6, 6.07) is 14.0. The molecule has 2 aromatic carbocycles. The summed E-state index contributed by atoms with van der Waals surface area (Å²) in [5, 5.41) is 0.768. The van der Waals surface area contributed by atoms with Crippen molar-refractivity contribution in [2.24, 2.45) is 0 Å². The lowest BCUT2D eigenvalue weighted by atomic mass is 10.1. The molecule has 0 bridgehead atoms. The summed E-state index contributed by atoms with van der Waals surface area (Å²) in [4.78, 5) is 23.4. The molecule has 120 valence electrons. The minimum Gasteiger partial charge on any atom is -0.368 e. The SMILES string of the molecule is CCc1ccc2nc(N)nc(C(=O)N3Cc4ccccc4C3)c2c1. The summed E-state index contributed by atoms with van der Waals surface area (Å²) in [6.45, 7) is 3.29. The standard InChI is InChI=1S/C19H18N4O/c1-2-12-7-8-16-15(9-12)17(22-19(20)21-16)18(24)23-10-13-5-3-4-6-14(13)11-23/h3-9H,2,10-11H2,1H3,(H2,20,21,22). The van der Waals surface area contributed by atoms with Gasteiger partial charge in [0, 0.05) is 18.5 Å². The minimum absolute atomic E-state index is 0.0986. The number of rotatable bonds is 2. The minimum atomic E-state index is -0.0986. The van der Waals surface area contributed by atoms with Crippen molar-refractivity contribution in [2.75, 3.05) is 5.73 Å². The van der Waals surface area contributed by atoms with E-state index in [1.807, 2.05) is 35.2 Å². The van der Waals surface area contributed by atoms with Crippen LogP contribution in [0.15, 0.2) is 42.5 Å². The van der Waals surface area contributed by atoms with Crippen LogP contribution in [0.1, 0.15) is 34.1 Å². The molecule has 0 fully saturated rings. The predicted octanol–water partition coefficient (Wildman–Crippen LogP) is 2.93. The molecule has 4 rings (SSSR count). The van der Waals surface area contributed by atoms with E-state index < -0.39 is 0 Å². The zero-order chi connectivity index (χ0) is 16.7. The van der Waals surface area contributed by atoms with E-state index in [2.05, 4.69) is 29.0 Å². The van der Waals surface area contributed by atoms with Crippen molar-refractivity contribution >= 4 is 22.8 Å². The first kappa shape index (κ1) is 14.6. The van der Waals surface area contributed by atoms with Gasteiger partial charge in [-0.2, -0.15) is 0 Å². The monoisotopic (exact) mass is 318 g/mol. The van der Waals surface area contributed by atoms with E-state index in [0.717, 1.165) is 17.4 Å². The van der Waals surface area contributed by atoms with Gasteiger partial charge in [0.25, 0.3) is 5.91 Å². The molecule has 3 aromatic rings. The molecule has 1 aliphatic rings. The summed E-state index contributed by atoms with van der Waals surface area (Å²) in [7, 11) is 0. The van der Waals surface area contributed by atoms with Crippen molar-refractivity contribution in [3.63, 3.8) is 0 Å². The molecule has 1 aliphatic heterocycles.